The second kappa shape index (κ2) is 5.75. The van der Waals surface area contributed by atoms with Crippen LogP contribution in [0.2, 0.25) is 0 Å². The van der Waals surface area contributed by atoms with Crippen molar-refractivity contribution in [2.24, 2.45) is 5.73 Å². The zero-order valence-electron chi connectivity index (χ0n) is 10.1. The molecule has 1 amide bonds. The summed E-state index contributed by atoms with van der Waals surface area (Å²) in [5.74, 6) is -0.375. The van der Waals surface area contributed by atoms with Crippen molar-refractivity contribution in [3.63, 3.8) is 0 Å². The summed E-state index contributed by atoms with van der Waals surface area (Å²) in [5, 5.41) is 5.19. The third-order valence-corrected chi connectivity index (χ3v) is 3.66. The Bertz CT molecular complexity index is 524. The normalized spacial score (nSPS) is 12.3. The molecule has 3 N–H and O–H groups in total. The maximum atomic E-state index is 11.0. The molecule has 0 saturated heterocycles. The lowest BCUT2D eigenvalue weighted by molar-refractivity contribution is 0.100. The van der Waals surface area contributed by atoms with Crippen LogP contribution >= 0.6 is 11.3 Å². The molecule has 0 aliphatic carbocycles. The lowest BCUT2D eigenvalue weighted by Crippen LogP contribution is -2.17. The summed E-state index contributed by atoms with van der Waals surface area (Å²) < 4.78 is 0. The molecule has 18 heavy (non-hydrogen) atoms. The Morgan fingerprint density at radius 3 is 2.83 bits per heavy atom. The molecule has 5 heteroatoms. The molecular weight excluding hydrogens is 246 g/mol. The highest BCUT2D eigenvalue weighted by molar-refractivity contribution is 7.10. The molecule has 0 radical (unpaired) electrons. The Kier molecular flexibility index (Phi) is 4.07. The highest BCUT2D eigenvalue weighted by Gasteiger charge is 2.07. The summed E-state index contributed by atoms with van der Waals surface area (Å²) in [6, 6.07) is 6.05. The molecule has 0 spiro atoms. The van der Waals surface area contributed by atoms with Crippen LogP contribution in [0.3, 0.4) is 0 Å². The standard InChI is InChI=1S/C13H15N3OS/c1-9(10-2-4-15-5-3-10)16-7-12-6-11(8-18-12)13(14)17/h2-6,8-9,16H,7H2,1H3,(H2,14,17)/t9-/m1/s1. The highest BCUT2D eigenvalue weighted by atomic mass is 32.1. The molecular formula is C13H15N3OS. The molecule has 0 saturated carbocycles. The van der Waals surface area contributed by atoms with E-state index >= 15 is 0 Å². The van der Waals surface area contributed by atoms with E-state index < -0.39 is 0 Å². The van der Waals surface area contributed by atoms with Crippen molar-refractivity contribution in [2.75, 3.05) is 0 Å². The number of thiophene rings is 1. The molecule has 2 rings (SSSR count). The Morgan fingerprint density at radius 2 is 2.22 bits per heavy atom. The van der Waals surface area contributed by atoms with Gasteiger partial charge >= 0.3 is 0 Å². The van der Waals surface area contributed by atoms with Gasteiger partial charge in [0.05, 0.1) is 5.56 Å². The van der Waals surface area contributed by atoms with E-state index in [1.807, 2.05) is 18.2 Å². The van der Waals surface area contributed by atoms with Gasteiger partial charge < -0.3 is 11.1 Å². The lowest BCUT2D eigenvalue weighted by Gasteiger charge is -2.12. The number of amides is 1. The van der Waals surface area contributed by atoms with Crippen molar-refractivity contribution in [3.8, 4) is 0 Å². The van der Waals surface area contributed by atoms with Crippen LogP contribution in [0, 0.1) is 0 Å². The Labute approximate surface area is 110 Å². The van der Waals surface area contributed by atoms with E-state index in [9.17, 15) is 4.79 Å². The lowest BCUT2D eigenvalue weighted by atomic mass is 10.1. The zero-order chi connectivity index (χ0) is 13.0. The van der Waals surface area contributed by atoms with E-state index in [1.54, 1.807) is 17.8 Å². The predicted octanol–water partition coefficient (Wildman–Crippen LogP) is 2.09. The van der Waals surface area contributed by atoms with Crippen LogP contribution in [-0.4, -0.2) is 10.9 Å². The van der Waals surface area contributed by atoms with Gasteiger partial charge in [-0.3, -0.25) is 9.78 Å². The number of aromatic nitrogens is 1. The number of carbonyl (C=O) groups is 1. The Hall–Kier alpha value is -1.72. The summed E-state index contributed by atoms with van der Waals surface area (Å²) in [6.45, 7) is 2.82. The van der Waals surface area contributed by atoms with Gasteiger partial charge in [-0.2, -0.15) is 0 Å². The molecule has 94 valence electrons. The van der Waals surface area contributed by atoms with Crippen LogP contribution in [0.25, 0.3) is 0 Å². The Balaban J connectivity index is 1.93. The average molecular weight is 261 g/mol. The van der Waals surface area contributed by atoms with Gasteiger partial charge in [0.2, 0.25) is 5.91 Å². The maximum absolute atomic E-state index is 11.0. The van der Waals surface area contributed by atoms with Gasteiger partial charge in [-0.05, 0) is 30.7 Å². The topological polar surface area (TPSA) is 68.0 Å². The van der Waals surface area contributed by atoms with Crippen molar-refractivity contribution >= 4 is 17.2 Å². The minimum absolute atomic E-state index is 0.243. The van der Waals surface area contributed by atoms with E-state index in [1.165, 1.54) is 16.9 Å². The van der Waals surface area contributed by atoms with Crippen LogP contribution in [0.1, 0.15) is 33.8 Å². The molecule has 1 atom stereocenters. The number of nitrogens with two attached hydrogens (primary N) is 1. The van der Waals surface area contributed by atoms with Crippen LogP contribution in [-0.2, 0) is 6.54 Å². The Morgan fingerprint density at radius 1 is 1.50 bits per heavy atom. The van der Waals surface area contributed by atoms with E-state index in [0.29, 0.717) is 5.56 Å². The first kappa shape index (κ1) is 12.7. The fourth-order valence-corrected chi connectivity index (χ4v) is 2.45. The van der Waals surface area contributed by atoms with E-state index in [0.717, 1.165) is 11.4 Å². The SMILES string of the molecule is C[C@@H](NCc1cc(C(N)=O)cs1)c1ccncc1. The van der Waals surface area contributed by atoms with Crippen molar-refractivity contribution in [2.45, 2.75) is 19.5 Å². The number of nitrogens with one attached hydrogen (secondary N) is 1. The average Bonchev–Trinajstić information content (AvgIpc) is 2.86. The molecule has 0 unspecified atom stereocenters. The van der Waals surface area contributed by atoms with Crippen molar-refractivity contribution in [3.05, 3.63) is 52.0 Å². The van der Waals surface area contributed by atoms with Crippen molar-refractivity contribution in [1.29, 1.82) is 0 Å². The highest BCUT2D eigenvalue weighted by Crippen LogP contribution is 2.16. The van der Waals surface area contributed by atoms with Gasteiger partial charge in [-0.1, -0.05) is 0 Å². The summed E-state index contributed by atoms with van der Waals surface area (Å²) in [4.78, 5) is 16.1. The number of carbonyl (C=O) groups excluding carboxylic acids is 1. The predicted molar refractivity (Wildman–Crippen MR) is 72.3 cm³/mol. The fourth-order valence-electron chi connectivity index (χ4n) is 1.63. The number of nitrogens with zero attached hydrogens (tertiary/aromatic N) is 1. The maximum Gasteiger partial charge on any atom is 0.249 e. The number of pyridine rings is 1. The van der Waals surface area contributed by atoms with Crippen molar-refractivity contribution in [1.82, 2.24) is 10.3 Å². The van der Waals surface area contributed by atoms with E-state index in [2.05, 4.69) is 17.2 Å². The molecule has 2 aromatic rings. The van der Waals surface area contributed by atoms with E-state index in [4.69, 9.17) is 5.73 Å². The summed E-state index contributed by atoms with van der Waals surface area (Å²) in [5.41, 5.74) is 6.98. The minimum Gasteiger partial charge on any atom is -0.366 e. The van der Waals surface area contributed by atoms with Gasteiger partial charge in [0.25, 0.3) is 0 Å². The summed E-state index contributed by atoms with van der Waals surface area (Å²) in [6.07, 6.45) is 3.56. The molecule has 0 bridgehead atoms. The first-order chi connectivity index (χ1) is 8.66. The smallest absolute Gasteiger partial charge is 0.249 e. The second-order valence-electron chi connectivity index (χ2n) is 4.05. The molecule has 0 fully saturated rings. The number of primary amides is 1. The van der Waals surface area contributed by atoms with Gasteiger partial charge in [-0.15, -0.1) is 11.3 Å². The quantitative estimate of drug-likeness (QED) is 0.866. The van der Waals surface area contributed by atoms with E-state index in [-0.39, 0.29) is 11.9 Å². The summed E-state index contributed by atoms with van der Waals surface area (Å²) >= 11 is 1.54. The molecule has 2 aromatic heterocycles. The van der Waals surface area contributed by atoms with Crippen LogP contribution in [0.15, 0.2) is 36.0 Å². The fraction of sp³-hybridized carbons (Fsp3) is 0.231. The molecule has 4 nitrogen and oxygen atoms in total. The van der Waals surface area contributed by atoms with Gasteiger partial charge in [0, 0.05) is 35.2 Å². The van der Waals surface area contributed by atoms with Crippen LogP contribution in [0.4, 0.5) is 0 Å². The monoisotopic (exact) mass is 261 g/mol. The zero-order valence-corrected chi connectivity index (χ0v) is 10.9. The van der Waals surface area contributed by atoms with Gasteiger partial charge in [0.1, 0.15) is 0 Å². The molecule has 0 aromatic carbocycles. The number of hydrogen-bond acceptors (Lipinski definition) is 4. The first-order valence-corrected chi connectivity index (χ1v) is 6.55. The van der Waals surface area contributed by atoms with Crippen LogP contribution < -0.4 is 11.1 Å². The largest absolute Gasteiger partial charge is 0.366 e. The third-order valence-electron chi connectivity index (χ3n) is 2.73. The molecule has 2 heterocycles. The minimum atomic E-state index is -0.375. The number of hydrogen-bond donors (Lipinski definition) is 2. The third kappa shape index (κ3) is 3.15. The molecule has 0 aliphatic heterocycles. The van der Waals surface area contributed by atoms with Gasteiger partial charge in [-0.25, -0.2) is 0 Å². The van der Waals surface area contributed by atoms with Gasteiger partial charge in [0.15, 0.2) is 0 Å². The first-order valence-electron chi connectivity index (χ1n) is 5.67. The summed E-state index contributed by atoms with van der Waals surface area (Å²) in [7, 11) is 0. The molecule has 0 aliphatic rings. The number of rotatable bonds is 5. The van der Waals surface area contributed by atoms with Crippen molar-refractivity contribution < 1.29 is 4.79 Å². The second-order valence-corrected chi connectivity index (χ2v) is 5.04. The van der Waals surface area contributed by atoms with Crippen LogP contribution in [0.5, 0.6) is 0 Å².